The molecule has 3 amide bonds. The maximum Gasteiger partial charge on any atom is 0.326 e. The molecule has 2 rings (SSSR count). The third-order valence-corrected chi connectivity index (χ3v) is 5.85. The Labute approximate surface area is 208 Å². The Kier molecular flexibility index (Phi) is 9.96. The topological polar surface area (TPSA) is 207 Å². The zero-order valence-electron chi connectivity index (χ0n) is 20.7. The van der Waals surface area contributed by atoms with Gasteiger partial charge in [0.1, 0.15) is 24.2 Å². The van der Waals surface area contributed by atoms with Gasteiger partial charge in [0, 0.05) is 23.5 Å². The van der Waals surface area contributed by atoms with Crippen LogP contribution in [-0.2, 0) is 25.6 Å². The summed E-state index contributed by atoms with van der Waals surface area (Å²) in [6, 6.07) is 2.08. The summed E-state index contributed by atoms with van der Waals surface area (Å²) >= 11 is 0. The number of aliphatic hydroxyl groups is 2. The van der Waals surface area contributed by atoms with Gasteiger partial charge in [-0.2, -0.15) is 0 Å². The number of carboxylic acids is 1. The van der Waals surface area contributed by atoms with Crippen molar-refractivity contribution in [1.82, 2.24) is 20.9 Å². The molecule has 0 aliphatic carbocycles. The van der Waals surface area contributed by atoms with E-state index >= 15 is 0 Å². The third kappa shape index (κ3) is 7.26. The van der Waals surface area contributed by atoms with Crippen LogP contribution in [0.4, 0.5) is 0 Å². The van der Waals surface area contributed by atoms with Gasteiger partial charge in [-0.1, -0.05) is 32.0 Å². The van der Waals surface area contributed by atoms with E-state index in [-0.39, 0.29) is 6.42 Å². The molecule has 0 bridgehead atoms. The van der Waals surface area contributed by atoms with Crippen LogP contribution in [0.2, 0.25) is 0 Å². The molecule has 1 aromatic carbocycles. The molecule has 0 spiro atoms. The van der Waals surface area contributed by atoms with Crippen LogP contribution < -0.4 is 21.7 Å². The minimum absolute atomic E-state index is 0.0343. The van der Waals surface area contributed by atoms with Crippen molar-refractivity contribution in [3.05, 3.63) is 36.0 Å². The highest BCUT2D eigenvalue weighted by Gasteiger charge is 2.34. The molecule has 1 aromatic heterocycles. The molecule has 0 aliphatic rings. The Morgan fingerprint density at radius 1 is 0.889 bits per heavy atom. The molecule has 198 valence electrons. The van der Waals surface area contributed by atoms with E-state index in [0.717, 1.165) is 10.9 Å². The number of amides is 3. The van der Waals surface area contributed by atoms with Crippen LogP contribution in [0.15, 0.2) is 30.5 Å². The quantitative estimate of drug-likeness (QED) is 0.179. The van der Waals surface area contributed by atoms with Crippen LogP contribution >= 0.6 is 0 Å². The van der Waals surface area contributed by atoms with E-state index < -0.39 is 66.0 Å². The molecule has 0 radical (unpaired) electrons. The largest absolute Gasteiger partial charge is 0.480 e. The Morgan fingerprint density at radius 3 is 2.03 bits per heavy atom. The molecule has 12 nitrogen and oxygen atoms in total. The molecule has 6 unspecified atom stereocenters. The predicted octanol–water partition coefficient (Wildman–Crippen LogP) is -1.01. The van der Waals surface area contributed by atoms with Gasteiger partial charge in [-0.25, -0.2) is 4.79 Å². The highest BCUT2D eigenvalue weighted by Crippen LogP contribution is 2.19. The monoisotopic (exact) mass is 505 g/mol. The molecule has 0 saturated carbocycles. The van der Waals surface area contributed by atoms with Crippen LogP contribution in [0.25, 0.3) is 10.9 Å². The molecule has 0 saturated heterocycles. The number of aliphatic hydroxyl groups excluding tert-OH is 2. The maximum atomic E-state index is 12.9. The Morgan fingerprint density at radius 2 is 1.47 bits per heavy atom. The minimum atomic E-state index is -1.49. The standard InChI is InChI=1S/C24H35N5O7/c1-11(2)19(28-21(32)18(25)12(3)30)22(33)29-20(13(4)31)23(34)27-17(24(35)36)9-14-10-26-16-8-6-5-7-15(14)16/h5-8,10-13,17-20,26,30-31H,9,25H2,1-4H3,(H,27,34)(H,28,32)(H,29,33)(H,35,36). The number of carbonyl (C=O) groups is 4. The average Bonchev–Trinajstić information content (AvgIpc) is 3.21. The lowest BCUT2D eigenvalue weighted by atomic mass is 10.0. The summed E-state index contributed by atoms with van der Waals surface area (Å²) < 4.78 is 0. The van der Waals surface area contributed by atoms with E-state index in [1.54, 1.807) is 20.0 Å². The molecule has 12 heteroatoms. The molecule has 1 heterocycles. The van der Waals surface area contributed by atoms with Gasteiger partial charge in [-0.05, 0) is 31.4 Å². The molecule has 0 fully saturated rings. The number of nitrogens with one attached hydrogen (secondary N) is 4. The average molecular weight is 506 g/mol. The van der Waals surface area contributed by atoms with Crippen LogP contribution in [0, 0.1) is 5.92 Å². The fraction of sp³-hybridized carbons (Fsp3) is 0.500. The van der Waals surface area contributed by atoms with Crippen molar-refractivity contribution in [1.29, 1.82) is 0 Å². The highest BCUT2D eigenvalue weighted by molar-refractivity contribution is 5.94. The number of nitrogens with two attached hydrogens (primary N) is 1. The van der Waals surface area contributed by atoms with Crippen molar-refractivity contribution in [3.63, 3.8) is 0 Å². The first-order valence-electron chi connectivity index (χ1n) is 11.6. The number of aromatic amines is 1. The number of para-hydroxylation sites is 1. The van der Waals surface area contributed by atoms with Gasteiger partial charge in [0.25, 0.3) is 0 Å². The van der Waals surface area contributed by atoms with E-state index in [2.05, 4.69) is 20.9 Å². The fourth-order valence-electron chi connectivity index (χ4n) is 3.63. The van der Waals surface area contributed by atoms with Gasteiger partial charge in [0.05, 0.1) is 12.2 Å². The first kappa shape index (κ1) is 28.8. The lowest BCUT2D eigenvalue weighted by molar-refractivity contribution is -0.143. The number of aliphatic carboxylic acids is 1. The van der Waals surface area contributed by atoms with Gasteiger partial charge in [0.15, 0.2) is 0 Å². The molecule has 6 atom stereocenters. The second kappa shape index (κ2) is 12.5. The van der Waals surface area contributed by atoms with E-state index in [0.29, 0.717) is 5.56 Å². The normalized spacial score (nSPS) is 16.4. The van der Waals surface area contributed by atoms with Crippen LogP contribution in [-0.4, -0.2) is 80.4 Å². The number of rotatable bonds is 12. The zero-order chi connectivity index (χ0) is 27.2. The maximum absolute atomic E-state index is 12.9. The van der Waals surface area contributed by atoms with Gasteiger partial charge in [-0.3, -0.25) is 14.4 Å². The first-order valence-corrected chi connectivity index (χ1v) is 11.6. The predicted molar refractivity (Wildman–Crippen MR) is 132 cm³/mol. The second-order valence-corrected chi connectivity index (χ2v) is 9.19. The first-order chi connectivity index (χ1) is 16.8. The van der Waals surface area contributed by atoms with Crippen molar-refractivity contribution in [3.8, 4) is 0 Å². The van der Waals surface area contributed by atoms with E-state index in [4.69, 9.17) is 5.73 Å². The molecular formula is C24H35N5O7. The number of H-pyrrole nitrogens is 1. The fourth-order valence-corrected chi connectivity index (χ4v) is 3.63. The third-order valence-electron chi connectivity index (χ3n) is 5.85. The molecule has 36 heavy (non-hydrogen) atoms. The van der Waals surface area contributed by atoms with Gasteiger partial charge < -0.3 is 42.0 Å². The van der Waals surface area contributed by atoms with Crippen molar-refractivity contribution in [2.75, 3.05) is 0 Å². The Bertz CT molecular complexity index is 1080. The zero-order valence-corrected chi connectivity index (χ0v) is 20.7. The number of hydrogen-bond acceptors (Lipinski definition) is 7. The molecule has 2 aromatic rings. The summed E-state index contributed by atoms with van der Waals surface area (Å²) in [7, 11) is 0. The van der Waals surface area contributed by atoms with E-state index in [1.807, 2.05) is 24.3 Å². The van der Waals surface area contributed by atoms with Crippen LogP contribution in [0.1, 0.15) is 33.3 Å². The van der Waals surface area contributed by atoms with Crippen LogP contribution in [0.5, 0.6) is 0 Å². The minimum Gasteiger partial charge on any atom is -0.480 e. The number of aromatic nitrogens is 1. The Hall–Kier alpha value is -3.48. The number of fused-ring (bicyclic) bond motifs is 1. The summed E-state index contributed by atoms with van der Waals surface area (Å²) in [6.07, 6.45) is -0.899. The molecule has 9 N–H and O–H groups in total. The summed E-state index contributed by atoms with van der Waals surface area (Å²) in [5, 5.41) is 37.4. The molecule has 0 aliphatic heterocycles. The van der Waals surface area contributed by atoms with Gasteiger partial charge >= 0.3 is 5.97 Å². The van der Waals surface area contributed by atoms with E-state index in [1.165, 1.54) is 13.8 Å². The number of carbonyl (C=O) groups excluding carboxylic acids is 3. The van der Waals surface area contributed by atoms with Gasteiger partial charge in [-0.15, -0.1) is 0 Å². The summed E-state index contributed by atoms with van der Waals surface area (Å²) in [4.78, 5) is 53.0. The summed E-state index contributed by atoms with van der Waals surface area (Å²) in [5.74, 6) is -4.16. The number of carboxylic acid groups (broad SMARTS) is 1. The highest BCUT2D eigenvalue weighted by atomic mass is 16.4. The molecular weight excluding hydrogens is 470 g/mol. The second-order valence-electron chi connectivity index (χ2n) is 9.19. The van der Waals surface area contributed by atoms with E-state index in [9.17, 15) is 34.5 Å². The van der Waals surface area contributed by atoms with Crippen molar-refractivity contribution < 1.29 is 34.5 Å². The SMILES string of the molecule is CC(C)C(NC(=O)C(N)C(C)O)C(=O)NC(C(=O)NC(Cc1c[nH]c2ccccc12)C(=O)O)C(C)O. The Balaban J connectivity index is 2.15. The van der Waals surface area contributed by atoms with Crippen molar-refractivity contribution in [2.24, 2.45) is 11.7 Å². The number of hydrogen-bond donors (Lipinski definition) is 8. The lowest BCUT2D eigenvalue weighted by Crippen LogP contribution is -2.61. The van der Waals surface area contributed by atoms with Crippen LogP contribution in [0.3, 0.4) is 0 Å². The lowest BCUT2D eigenvalue weighted by Gasteiger charge is -2.28. The van der Waals surface area contributed by atoms with Crippen molar-refractivity contribution in [2.45, 2.75) is 70.5 Å². The smallest absolute Gasteiger partial charge is 0.326 e. The van der Waals surface area contributed by atoms with Gasteiger partial charge in [0.2, 0.25) is 17.7 Å². The summed E-state index contributed by atoms with van der Waals surface area (Å²) in [6.45, 7) is 5.90. The van der Waals surface area contributed by atoms with Crippen molar-refractivity contribution >= 4 is 34.6 Å². The number of benzene rings is 1. The summed E-state index contributed by atoms with van der Waals surface area (Å²) in [5.41, 5.74) is 7.11.